The number of carbonyl (C=O) groups is 2. The number of aryl methyl sites for hydroxylation is 1. The molecular weight excluding hydrogens is 492 g/mol. The van der Waals surface area contributed by atoms with Crippen molar-refractivity contribution in [2.45, 2.75) is 85.8 Å². The number of aromatic nitrogens is 2. The third-order valence-corrected chi connectivity index (χ3v) is 5.84. The zero-order valence-corrected chi connectivity index (χ0v) is 26.0. The van der Waals surface area contributed by atoms with Crippen LogP contribution in [0.4, 0.5) is 0 Å². The molecule has 8 heteroatoms. The molecule has 1 saturated heterocycles. The first-order chi connectivity index (χ1) is 18.8. The molecular formula is C31H54N4O4. The number of Topliss-reactive ketones (excluding diaryl/α,β-unsaturated/α-hetero) is 1. The molecule has 1 fully saturated rings. The number of hydrogen-bond donors (Lipinski definition) is 2. The molecule has 1 unspecified atom stereocenters. The number of likely N-dealkylation sites (tertiary alicyclic amines) is 1. The summed E-state index contributed by atoms with van der Waals surface area (Å²) in [5, 5.41) is 0. The van der Waals surface area contributed by atoms with Crippen molar-refractivity contribution in [3.8, 4) is 0 Å². The number of H-pyrrole nitrogens is 1. The molecule has 1 amide bonds. The van der Waals surface area contributed by atoms with Crippen molar-refractivity contribution < 1.29 is 19.1 Å². The molecule has 8 nitrogen and oxygen atoms in total. The second kappa shape index (κ2) is 24.2. The Bertz CT molecular complexity index is 935. The highest BCUT2D eigenvalue weighted by Crippen LogP contribution is 2.20. The van der Waals surface area contributed by atoms with Crippen LogP contribution in [-0.2, 0) is 25.5 Å². The molecule has 1 aliphatic rings. The van der Waals surface area contributed by atoms with E-state index in [1.54, 1.807) is 33.2 Å². The van der Waals surface area contributed by atoms with Crippen molar-refractivity contribution >= 4 is 22.7 Å². The van der Waals surface area contributed by atoms with Gasteiger partial charge in [-0.2, -0.15) is 0 Å². The summed E-state index contributed by atoms with van der Waals surface area (Å²) < 4.78 is 9.45. The maximum atomic E-state index is 12.3. The van der Waals surface area contributed by atoms with Crippen molar-refractivity contribution in [1.82, 2.24) is 14.9 Å². The number of para-hydroxylation sites is 2. The minimum atomic E-state index is -0.215. The predicted octanol–water partition coefficient (Wildman–Crippen LogP) is 5.87. The summed E-state index contributed by atoms with van der Waals surface area (Å²) >= 11 is 0. The average molecular weight is 547 g/mol. The molecule has 39 heavy (non-hydrogen) atoms. The number of rotatable bonds is 8. The number of methoxy groups -OCH3 is 2. The van der Waals surface area contributed by atoms with Gasteiger partial charge in [-0.15, -0.1) is 0 Å². The monoisotopic (exact) mass is 546 g/mol. The Morgan fingerprint density at radius 1 is 1.21 bits per heavy atom. The molecule has 2 atom stereocenters. The molecule has 3 N–H and O–H groups in total. The fraction of sp³-hybridized carbons (Fsp3) is 0.581. The Morgan fingerprint density at radius 3 is 2.33 bits per heavy atom. The van der Waals surface area contributed by atoms with Gasteiger partial charge < -0.3 is 25.1 Å². The molecule has 1 aliphatic heterocycles. The first-order valence-corrected chi connectivity index (χ1v) is 13.9. The number of benzene rings is 1. The predicted molar refractivity (Wildman–Crippen MR) is 164 cm³/mol. The van der Waals surface area contributed by atoms with Gasteiger partial charge in [0.1, 0.15) is 5.82 Å². The number of aromatic amines is 1. The average Bonchev–Trinajstić information content (AvgIpc) is 3.62. The molecule has 1 aromatic carbocycles. The van der Waals surface area contributed by atoms with E-state index in [-0.39, 0.29) is 23.8 Å². The van der Waals surface area contributed by atoms with Gasteiger partial charge in [0.25, 0.3) is 0 Å². The maximum absolute atomic E-state index is 12.3. The van der Waals surface area contributed by atoms with Crippen molar-refractivity contribution in [1.29, 1.82) is 0 Å². The number of nitrogens with zero attached hydrogens (tertiary/aromatic N) is 2. The molecule has 0 bridgehead atoms. The summed E-state index contributed by atoms with van der Waals surface area (Å²) in [5.74, 6) is 0.959. The van der Waals surface area contributed by atoms with Crippen molar-refractivity contribution in [3.63, 3.8) is 0 Å². The van der Waals surface area contributed by atoms with E-state index >= 15 is 0 Å². The van der Waals surface area contributed by atoms with E-state index in [0.717, 1.165) is 36.1 Å². The van der Waals surface area contributed by atoms with Crippen LogP contribution in [0.15, 0.2) is 48.1 Å². The highest BCUT2D eigenvalue weighted by molar-refractivity contribution is 5.88. The molecule has 0 saturated carbocycles. The molecule has 1 aromatic heterocycles. The Labute approximate surface area is 237 Å². The summed E-state index contributed by atoms with van der Waals surface area (Å²) in [6, 6.07) is 7.61. The second-order valence-corrected chi connectivity index (χ2v) is 8.46. The maximum Gasteiger partial charge on any atom is 0.223 e. The lowest BCUT2D eigenvalue weighted by Crippen LogP contribution is -2.39. The van der Waals surface area contributed by atoms with Gasteiger partial charge in [0.15, 0.2) is 5.78 Å². The Balaban J connectivity index is 0. The van der Waals surface area contributed by atoms with Gasteiger partial charge in [0.05, 0.1) is 23.2 Å². The summed E-state index contributed by atoms with van der Waals surface area (Å²) in [7, 11) is 6.49. The quantitative estimate of drug-likeness (QED) is 0.401. The number of allylic oxidation sites excluding steroid dienone is 3. The van der Waals surface area contributed by atoms with Crippen LogP contribution >= 0.6 is 0 Å². The first-order valence-electron chi connectivity index (χ1n) is 13.9. The molecule has 0 spiro atoms. The third-order valence-electron chi connectivity index (χ3n) is 5.84. The number of fused-ring (bicyclic) bond motifs is 1. The zero-order chi connectivity index (χ0) is 30.2. The van der Waals surface area contributed by atoms with E-state index in [9.17, 15) is 9.59 Å². The fourth-order valence-electron chi connectivity index (χ4n) is 3.89. The molecule has 0 radical (unpaired) electrons. The highest BCUT2D eigenvalue weighted by Gasteiger charge is 2.31. The van der Waals surface area contributed by atoms with Crippen LogP contribution in [-0.4, -0.2) is 73.6 Å². The van der Waals surface area contributed by atoms with Gasteiger partial charge in [0.2, 0.25) is 5.91 Å². The first kappa shape index (κ1) is 38.3. The van der Waals surface area contributed by atoms with Gasteiger partial charge >= 0.3 is 0 Å². The van der Waals surface area contributed by atoms with Gasteiger partial charge in [-0.3, -0.25) is 9.59 Å². The topological polar surface area (TPSA) is 111 Å². The lowest BCUT2D eigenvalue weighted by atomic mass is 10.1. The van der Waals surface area contributed by atoms with Crippen LogP contribution in [0.25, 0.3) is 11.0 Å². The van der Waals surface area contributed by atoms with E-state index in [4.69, 9.17) is 4.74 Å². The lowest BCUT2D eigenvalue weighted by Gasteiger charge is -2.22. The van der Waals surface area contributed by atoms with E-state index < -0.39 is 0 Å². The van der Waals surface area contributed by atoms with Crippen LogP contribution in [0.2, 0.25) is 0 Å². The Hall–Kier alpha value is -2.81. The number of amides is 1. The van der Waals surface area contributed by atoms with Gasteiger partial charge in [-0.1, -0.05) is 51.1 Å². The van der Waals surface area contributed by atoms with Crippen LogP contribution in [0.1, 0.15) is 73.1 Å². The molecule has 2 aromatic rings. The number of nitrogens with two attached hydrogens (primary N) is 1. The molecule has 2 heterocycles. The molecule has 0 aliphatic carbocycles. The van der Waals surface area contributed by atoms with Crippen molar-refractivity contribution in [2.75, 3.05) is 34.9 Å². The Morgan fingerprint density at radius 2 is 1.82 bits per heavy atom. The second-order valence-electron chi connectivity index (χ2n) is 8.46. The smallest absolute Gasteiger partial charge is 0.223 e. The van der Waals surface area contributed by atoms with Gasteiger partial charge in [-0.05, 0) is 64.8 Å². The fourth-order valence-corrected chi connectivity index (χ4v) is 3.89. The van der Waals surface area contributed by atoms with Gasteiger partial charge in [-0.25, -0.2) is 4.98 Å². The zero-order valence-electron chi connectivity index (χ0n) is 26.0. The van der Waals surface area contributed by atoms with E-state index in [2.05, 4.69) is 40.4 Å². The summed E-state index contributed by atoms with van der Waals surface area (Å²) in [5.41, 5.74) is 7.75. The summed E-state index contributed by atoms with van der Waals surface area (Å²) in [6.07, 6.45) is 10.2. The summed E-state index contributed by atoms with van der Waals surface area (Å²) in [4.78, 5) is 33.2. The number of carbonyl (C=O) groups excluding carboxylic acids is 2. The van der Waals surface area contributed by atoms with E-state index in [0.29, 0.717) is 19.4 Å². The van der Waals surface area contributed by atoms with Crippen molar-refractivity contribution in [3.05, 3.63) is 53.9 Å². The highest BCUT2D eigenvalue weighted by atomic mass is 16.5. The SMILES string of the molecule is C/C=C\C=C(\CC)C(C)OC.CC.CC(=O)[C@@H]1CCCN1C(=O)CCc1nc2ccccc2[nH]1.CN.COC. The van der Waals surface area contributed by atoms with Gasteiger partial charge in [0, 0.05) is 40.7 Å². The summed E-state index contributed by atoms with van der Waals surface area (Å²) in [6.45, 7) is 12.5. The van der Waals surface area contributed by atoms with E-state index in [1.165, 1.54) is 12.6 Å². The standard InChI is InChI=1S/C16H19N3O2.C10H18O.C2H6O.C2H6.CH5N/c1-11(20)14-7-4-10-19(14)16(21)9-8-15-17-12-5-2-3-6-13(12)18-15;1-5-7-8-10(6-2)9(3)11-4;1-3-2;2*1-2/h2-3,5-6,14H,4,7-10H2,1H3,(H,17,18);5,7-9H,6H2,1-4H3;1-2H3;1-2H3;2H2,1H3/b;7-5-,10-8-;;;/t14-;;;;/m0..../s1. The number of ketones is 1. The van der Waals surface area contributed by atoms with Crippen LogP contribution in [0.5, 0.6) is 0 Å². The van der Waals surface area contributed by atoms with Crippen LogP contribution in [0.3, 0.4) is 0 Å². The Kier molecular flexibility index (Phi) is 23.8. The van der Waals surface area contributed by atoms with Crippen LogP contribution in [0, 0.1) is 0 Å². The number of imidazole rings is 1. The van der Waals surface area contributed by atoms with Crippen molar-refractivity contribution in [2.24, 2.45) is 5.73 Å². The minimum Gasteiger partial charge on any atom is -0.388 e. The number of hydrogen-bond acceptors (Lipinski definition) is 6. The third kappa shape index (κ3) is 14.8. The molecule has 222 valence electrons. The number of nitrogens with one attached hydrogen (secondary N) is 1. The van der Waals surface area contributed by atoms with Crippen LogP contribution < -0.4 is 5.73 Å². The lowest BCUT2D eigenvalue weighted by molar-refractivity contribution is -0.136. The largest absolute Gasteiger partial charge is 0.388 e. The minimum absolute atomic E-state index is 0.0492. The molecule has 3 rings (SSSR count). The number of ether oxygens (including phenoxy) is 2. The van der Waals surface area contributed by atoms with E-state index in [1.807, 2.05) is 57.2 Å². The normalized spacial score (nSPS) is 15.1.